The molecule has 0 heterocycles. The van der Waals surface area contributed by atoms with E-state index in [1.54, 1.807) is 12.1 Å². The van der Waals surface area contributed by atoms with Gasteiger partial charge < -0.3 is 10.1 Å². The minimum Gasteiger partial charge on any atom is -0.494 e. The Morgan fingerprint density at radius 3 is 2.50 bits per heavy atom. The lowest BCUT2D eigenvalue weighted by Crippen LogP contribution is -2.17. The van der Waals surface area contributed by atoms with E-state index in [1.165, 1.54) is 12.1 Å². The number of benzene rings is 2. The topological polar surface area (TPSA) is 81.4 Å². The van der Waals surface area contributed by atoms with Crippen molar-refractivity contribution in [3.63, 3.8) is 0 Å². The summed E-state index contributed by atoms with van der Waals surface area (Å²) in [5, 5.41) is 9.10. The maximum atomic E-state index is 11.2. The highest BCUT2D eigenvalue weighted by molar-refractivity contribution is 7.89. The number of hydrogen-bond acceptors (Lipinski definition) is 4. The van der Waals surface area contributed by atoms with E-state index in [0.717, 1.165) is 29.8 Å². The van der Waals surface area contributed by atoms with E-state index in [2.05, 4.69) is 5.32 Å². The van der Waals surface area contributed by atoms with E-state index in [9.17, 15) is 8.42 Å². The third kappa shape index (κ3) is 5.49. The molecule has 0 aliphatic rings. The van der Waals surface area contributed by atoms with E-state index >= 15 is 0 Å². The van der Waals surface area contributed by atoms with Gasteiger partial charge >= 0.3 is 0 Å². The predicted molar refractivity (Wildman–Crippen MR) is 95.8 cm³/mol. The number of rotatable bonds is 8. The first kappa shape index (κ1) is 18.7. The van der Waals surface area contributed by atoms with Gasteiger partial charge in [-0.25, -0.2) is 13.6 Å². The zero-order valence-corrected chi connectivity index (χ0v) is 15.0. The molecule has 0 amide bonds. The Hall–Kier alpha value is -1.60. The van der Waals surface area contributed by atoms with Crippen LogP contribution in [0.3, 0.4) is 0 Å². The van der Waals surface area contributed by atoms with E-state index in [-0.39, 0.29) is 4.90 Å². The Kier molecular flexibility index (Phi) is 6.62. The molecule has 0 unspecified atom stereocenters. The summed E-state index contributed by atoms with van der Waals surface area (Å²) in [6.45, 7) is 3.93. The van der Waals surface area contributed by atoms with Crippen molar-refractivity contribution in [2.24, 2.45) is 5.14 Å². The molecule has 7 heteroatoms. The molecular weight excluding hydrogens is 348 g/mol. The van der Waals surface area contributed by atoms with Crippen LogP contribution in [0.25, 0.3) is 0 Å². The van der Waals surface area contributed by atoms with Gasteiger partial charge in [-0.3, -0.25) is 0 Å². The van der Waals surface area contributed by atoms with Crippen LogP contribution in [0, 0.1) is 0 Å². The quantitative estimate of drug-likeness (QED) is 0.702. The van der Waals surface area contributed by atoms with Crippen molar-refractivity contribution in [1.82, 2.24) is 5.32 Å². The van der Waals surface area contributed by atoms with Gasteiger partial charge in [0.15, 0.2) is 0 Å². The van der Waals surface area contributed by atoms with Crippen LogP contribution in [0.2, 0.25) is 5.02 Å². The summed E-state index contributed by atoms with van der Waals surface area (Å²) in [4.78, 5) is 0.125. The fraction of sp³-hybridized carbons (Fsp3) is 0.294. The molecule has 5 nitrogen and oxygen atoms in total. The van der Waals surface area contributed by atoms with E-state index in [4.69, 9.17) is 21.5 Å². The maximum absolute atomic E-state index is 11.2. The predicted octanol–water partition coefficient (Wildman–Crippen LogP) is 2.72. The first-order valence-electron chi connectivity index (χ1n) is 7.64. The molecule has 0 fully saturated rings. The fourth-order valence-corrected chi connectivity index (χ4v) is 2.99. The van der Waals surface area contributed by atoms with Crippen molar-refractivity contribution in [2.75, 3.05) is 13.2 Å². The number of sulfonamides is 1. The van der Waals surface area contributed by atoms with Crippen molar-refractivity contribution in [2.45, 2.75) is 24.8 Å². The molecule has 2 rings (SSSR count). The second-order valence-corrected chi connectivity index (χ2v) is 7.30. The number of hydrogen-bond donors (Lipinski definition) is 2. The van der Waals surface area contributed by atoms with Gasteiger partial charge in [0.25, 0.3) is 0 Å². The third-order valence-electron chi connectivity index (χ3n) is 3.48. The molecular formula is C17H21ClN2O3S. The minimum absolute atomic E-state index is 0.125. The lowest BCUT2D eigenvalue weighted by Gasteiger charge is -2.11. The van der Waals surface area contributed by atoms with Gasteiger partial charge in [-0.05, 0) is 55.8 Å². The van der Waals surface area contributed by atoms with Gasteiger partial charge in [0, 0.05) is 17.1 Å². The minimum atomic E-state index is -3.64. The van der Waals surface area contributed by atoms with Crippen molar-refractivity contribution in [3.8, 4) is 5.75 Å². The van der Waals surface area contributed by atoms with Gasteiger partial charge in [-0.2, -0.15) is 0 Å². The fourth-order valence-electron chi connectivity index (χ4n) is 2.28. The molecule has 0 saturated heterocycles. The average Bonchev–Trinajstić information content (AvgIpc) is 2.53. The smallest absolute Gasteiger partial charge is 0.238 e. The van der Waals surface area contributed by atoms with E-state index < -0.39 is 10.0 Å². The number of ether oxygens (including phenoxy) is 1. The highest BCUT2D eigenvalue weighted by atomic mass is 35.5. The van der Waals surface area contributed by atoms with Crippen molar-refractivity contribution in [1.29, 1.82) is 0 Å². The maximum Gasteiger partial charge on any atom is 0.238 e. The summed E-state index contributed by atoms with van der Waals surface area (Å²) in [6.07, 6.45) is 0.773. The van der Waals surface area contributed by atoms with E-state index in [1.807, 2.05) is 25.1 Å². The van der Waals surface area contributed by atoms with Crippen LogP contribution in [0.4, 0.5) is 0 Å². The summed E-state index contributed by atoms with van der Waals surface area (Å²) < 4.78 is 28.0. The summed E-state index contributed by atoms with van der Waals surface area (Å²) in [5.41, 5.74) is 2.04. The largest absolute Gasteiger partial charge is 0.494 e. The second-order valence-electron chi connectivity index (χ2n) is 5.30. The molecule has 0 spiro atoms. The number of halogens is 1. The third-order valence-corrected chi connectivity index (χ3v) is 4.64. The van der Waals surface area contributed by atoms with Crippen LogP contribution in [-0.2, 0) is 23.0 Å². The second kappa shape index (κ2) is 8.48. The average molecular weight is 369 g/mol. The number of primary sulfonamides is 1. The molecule has 24 heavy (non-hydrogen) atoms. The van der Waals surface area contributed by atoms with Crippen LogP contribution in [0.15, 0.2) is 47.4 Å². The summed E-state index contributed by atoms with van der Waals surface area (Å²) in [6, 6.07) is 12.2. The monoisotopic (exact) mass is 368 g/mol. The van der Waals surface area contributed by atoms with Crippen molar-refractivity contribution in [3.05, 3.63) is 58.6 Å². The molecule has 0 aliphatic carbocycles. The van der Waals surface area contributed by atoms with Gasteiger partial charge in [0.1, 0.15) is 5.75 Å². The van der Waals surface area contributed by atoms with Gasteiger partial charge in [-0.15, -0.1) is 0 Å². The Balaban J connectivity index is 1.88. The molecule has 3 N–H and O–H groups in total. The van der Waals surface area contributed by atoms with Gasteiger partial charge in [-0.1, -0.05) is 23.7 Å². The zero-order valence-electron chi connectivity index (χ0n) is 13.5. The Morgan fingerprint density at radius 2 is 1.88 bits per heavy atom. The normalized spacial score (nSPS) is 11.5. The molecule has 0 saturated carbocycles. The molecule has 0 radical (unpaired) electrons. The Labute approximate surface area is 147 Å². The molecule has 0 aromatic heterocycles. The van der Waals surface area contributed by atoms with Crippen LogP contribution in [-0.4, -0.2) is 21.6 Å². The standard InChI is InChI=1S/C17H21ClN2O3S/c1-2-23-17-8-5-15(18)11-14(17)12-20-10-9-13-3-6-16(7-4-13)24(19,21)22/h3-8,11,20H,2,9-10,12H2,1H3,(H2,19,21,22). The summed E-state index contributed by atoms with van der Waals surface area (Å²) >= 11 is 6.03. The van der Waals surface area contributed by atoms with Gasteiger partial charge in [0.05, 0.1) is 11.5 Å². The summed E-state index contributed by atoms with van der Waals surface area (Å²) in [5.74, 6) is 0.826. The van der Waals surface area contributed by atoms with Crippen LogP contribution in [0.5, 0.6) is 5.75 Å². The van der Waals surface area contributed by atoms with Crippen LogP contribution >= 0.6 is 11.6 Å². The lowest BCUT2D eigenvalue weighted by atomic mass is 10.1. The molecule has 130 valence electrons. The van der Waals surface area contributed by atoms with E-state index in [0.29, 0.717) is 18.2 Å². The first-order valence-corrected chi connectivity index (χ1v) is 9.56. The summed E-state index contributed by atoms with van der Waals surface area (Å²) in [7, 11) is -3.64. The Morgan fingerprint density at radius 1 is 1.17 bits per heavy atom. The van der Waals surface area contributed by atoms with Crippen LogP contribution < -0.4 is 15.2 Å². The first-order chi connectivity index (χ1) is 11.4. The molecule has 0 atom stereocenters. The van der Waals surface area contributed by atoms with Gasteiger partial charge in [0.2, 0.25) is 10.0 Å². The van der Waals surface area contributed by atoms with Crippen molar-refractivity contribution >= 4 is 21.6 Å². The molecule has 0 bridgehead atoms. The number of nitrogens with two attached hydrogens (primary N) is 1. The van der Waals surface area contributed by atoms with Crippen LogP contribution in [0.1, 0.15) is 18.1 Å². The SMILES string of the molecule is CCOc1ccc(Cl)cc1CNCCc1ccc(S(N)(=O)=O)cc1. The molecule has 0 aliphatic heterocycles. The highest BCUT2D eigenvalue weighted by Gasteiger charge is 2.07. The lowest BCUT2D eigenvalue weighted by molar-refractivity contribution is 0.335. The highest BCUT2D eigenvalue weighted by Crippen LogP contribution is 2.22. The molecule has 2 aromatic rings. The molecule has 2 aromatic carbocycles. The number of nitrogens with one attached hydrogen (secondary N) is 1. The zero-order chi connectivity index (χ0) is 17.6. The van der Waals surface area contributed by atoms with Crippen molar-refractivity contribution < 1.29 is 13.2 Å². The Bertz CT molecular complexity index is 777.